The highest BCUT2D eigenvalue weighted by Gasteiger charge is 2.24. The number of benzene rings is 6. The Morgan fingerprint density at radius 2 is 1.10 bits per heavy atom. The zero-order valence-electron chi connectivity index (χ0n) is 36.8. The van der Waals surface area contributed by atoms with E-state index in [1.165, 1.54) is 25.3 Å². The molecule has 326 valence electrons. The Kier molecular flexibility index (Phi) is 14.8. The van der Waals surface area contributed by atoms with Gasteiger partial charge in [-0.05, 0) is 165 Å². The summed E-state index contributed by atoms with van der Waals surface area (Å²) >= 11 is 0. The van der Waals surface area contributed by atoms with Gasteiger partial charge in [0.15, 0.2) is 0 Å². The molecule has 0 aliphatic heterocycles. The molecule has 10 nitrogen and oxygen atoms in total. The maximum absolute atomic E-state index is 12.7. The van der Waals surface area contributed by atoms with Crippen molar-refractivity contribution in [3.05, 3.63) is 172 Å². The number of anilines is 4. The second kappa shape index (κ2) is 20.0. The van der Waals surface area contributed by atoms with Gasteiger partial charge < -0.3 is 19.9 Å². The standard InChI is InChI=1S/C50H57N3O7S2/c1-9-52(33-38-13-12-14-46(31-38)61(54,55)58-7)43-23-27-47(36(5)29-43)50(40-17-19-41(20-18-40)51-42-21-25-45(26-22-42)60-11-3)48-28-24-44(30-37(48)6)53(10-2)34-39-16-15-35(4)49(32-39)62(56,57)59-8/h12-32,50-51H,9-11,33-34H2,1-8H3. The Labute approximate surface area is 368 Å². The van der Waals surface area contributed by atoms with Crippen molar-refractivity contribution >= 4 is 43.0 Å². The smallest absolute Gasteiger partial charge is 0.296 e. The van der Waals surface area contributed by atoms with Crippen LogP contribution in [-0.2, 0) is 41.7 Å². The molecular formula is C50H57N3O7S2. The zero-order chi connectivity index (χ0) is 44.6. The Balaban J connectivity index is 1.35. The van der Waals surface area contributed by atoms with E-state index < -0.39 is 20.2 Å². The van der Waals surface area contributed by atoms with Crippen LogP contribution in [0.25, 0.3) is 0 Å². The van der Waals surface area contributed by atoms with Crippen LogP contribution < -0.4 is 19.9 Å². The minimum absolute atomic E-state index is 0.0994. The average molecular weight is 876 g/mol. The predicted octanol–water partition coefficient (Wildman–Crippen LogP) is 10.7. The van der Waals surface area contributed by atoms with Gasteiger partial charge in [-0.3, -0.25) is 8.37 Å². The quantitative estimate of drug-likeness (QED) is 0.0623. The van der Waals surface area contributed by atoms with Crippen LogP contribution in [0.3, 0.4) is 0 Å². The Bertz CT molecular complexity index is 2700. The summed E-state index contributed by atoms with van der Waals surface area (Å²) in [7, 11) is -5.30. The number of ether oxygens (including phenoxy) is 1. The van der Waals surface area contributed by atoms with E-state index in [1.807, 2.05) is 49.4 Å². The Morgan fingerprint density at radius 3 is 1.60 bits per heavy atom. The zero-order valence-corrected chi connectivity index (χ0v) is 38.4. The number of nitrogens with zero attached hydrogens (tertiary/aromatic N) is 2. The van der Waals surface area contributed by atoms with Gasteiger partial charge in [0.1, 0.15) is 5.75 Å². The largest absolute Gasteiger partial charge is 0.494 e. The van der Waals surface area contributed by atoms with Crippen molar-refractivity contribution in [3.63, 3.8) is 0 Å². The maximum Gasteiger partial charge on any atom is 0.296 e. The van der Waals surface area contributed by atoms with Gasteiger partial charge in [-0.1, -0.05) is 48.5 Å². The highest BCUT2D eigenvalue weighted by atomic mass is 32.2. The third kappa shape index (κ3) is 10.7. The monoisotopic (exact) mass is 875 g/mol. The molecule has 0 amide bonds. The lowest BCUT2D eigenvalue weighted by molar-refractivity contribution is 0.340. The van der Waals surface area contributed by atoms with E-state index in [0.717, 1.165) is 56.3 Å². The molecule has 1 atom stereocenters. The van der Waals surface area contributed by atoms with Crippen LogP contribution in [-0.4, -0.2) is 50.8 Å². The molecule has 6 aromatic carbocycles. The first-order valence-corrected chi connectivity index (χ1v) is 23.6. The van der Waals surface area contributed by atoms with E-state index >= 15 is 0 Å². The lowest BCUT2D eigenvalue weighted by Crippen LogP contribution is -2.23. The predicted molar refractivity (Wildman–Crippen MR) is 250 cm³/mol. The molecule has 0 aliphatic rings. The molecular weight excluding hydrogens is 819 g/mol. The summed E-state index contributed by atoms with van der Waals surface area (Å²) in [5.41, 5.74) is 12.1. The number of rotatable bonds is 19. The highest BCUT2D eigenvalue weighted by molar-refractivity contribution is 7.87. The van der Waals surface area contributed by atoms with E-state index in [-0.39, 0.29) is 15.7 Å². The molecule has 0 fully saturated rings. The van der Waals surface area contributed by atoms with E-state index in [4.69, 9.17) is 13.1 Å². The van der Waals surface area contributed by atoms with Gasteiger partial charge in [0, 0.05) is 54.8 Å². The van der Waals surface area contributed by atoms with Gasteiger partial charge in [-0.15, -0.1) is 0 Å². The summed E-state index contributed by atoms with van der Waals surface area (Å²) < 4.78 is 65.5. The van der Waals surface area contributed by atoms with Crippen LogP contribution in [0.15, 0.2) is 137 Å². The van der Waals surface area contributed by atoms with E-state index in [9.17, 15) is 16.8 Å². The van der Waals surface area contributed by atoms with Gasteiger partial charge in [0.2, 0.25) is 0 Å². The highest BCUT2D eigenvalue weighted by Crippen LogP contribution is 2.39. The van der Waals surface area contributed by atoms with Crippen LogP contribution in [0.1, 0.15) is 71.2 Å². The molecule has 0 saturated carbocycles. The van der Waals surface area contributed by atoms with Crippen molar-refractivity contribution in [2.45, 2.75) is 70.3 Å². The van der Waals surface area contributed by atoms with E-state index in [0.29, 0.717) is 38.3 Å². The molecule has 0 bridgehead atoms. The van der Waals surface area contributed by atoms with Crippen LogP contribution >= 0.6 is 0 Å². The Morgan fingerprint density at radius 1 is 0.565 bits per heavy atom. The molecule has 0 spiro atoms. The van der Waals surface area contributed by atoms with Gasteiger partial charge in [0.25, 0.3) is 20.2 Å². The van der Waals surface area contributed by atoms with Crippen molar-refractivity contribution in [1.82, 2.24) is 0 Å². The fraction of sp³-hybridized carbons (Fsp3) is 0.280. The third-order valence-electron chi connectivity index (χ3n) is 11.2. The minimum Gasteiger partial charge on any atom is -0.494 e. The van der Waals surface area contributed by atoms with E-state index in [2.05, 4.69) is 103 Å². The number of aryl methyl sites for hydroxylation is 3. The molecule has 12 heteroatoms. The summed E-state index contributed by atoms with van der Waals surface area (Å²) in [5, 5.41) is 3.52. The van der Waals surface area contributed by atoms with Crippen LogP contribution in [0.5, 0.6) is 5.75 Å². The third-order valence-corrected chi connectivity index (χ3v) is 13.9. The van der Waals surface area contributed by atoms with E-state index in [1.54, 1.807) is 31.2 Å². The molecule has 1 N–H and O–H groups in total. The van der Waals surface area contributed by atoms with Crippen molar-refractivity contribution < 1.29 is 29.9 Å². The number of nitrogens with one attached hydrogen (secondary N) is 1. The van der Waals surface area contributed by atoms with Crippen LogP contribution in [0.4, 0.5) is 22.7 Å². The fourth-order valence-electron chi connectivity index (χ4n) is 7.82. The SMILES string of the molecule is CCOc1ccc(Nc2ccc(C(c3ccc(N(CC)Cc4cccc(S(=O)(=O)OC)c4)cc3C)c3ccc(N(CC)Cc4ccc(C)c(S(=O)(=O)OC)c4)cc3C)cc2)cc1. The van der Waals surface area contributed by atoms with Gasteiger partial charge in [-0.25, -0.2) is 0 Å². The summed E-state index contributed by atoms with van der Waals surface area (Å²) in [6.45, 7) is 15.3. The molecule has 0 radical (unpaired) electrons. The molecule has 6 rings (SSSR count). The first kappa shape index (κ1) is 45.9. The lowest BCUT2D eigenvalue weighted by Gasteiger charge is -2.28. The number of hydrogen-bond acceptors (Lipinski definition) is 10. The summed E-state index contributed by atoms with van der Waals surface area (Å²) in [6, 6.07) is 42.1. The summed E-state index contributed by atoms with van der Waals surface area (Å²) in [5.74, 6) is 0.731. The van der Waals surface area contributed by atoms with Crippen molar-refractivity contribution in [3.8, 4) is 5.75 Å². The fourth-order valence-corrected chi connectivity index (χ4v) is 9.50. The van der Waals surface area contributed by atoms with Crippen molar-refractivity contribution in [1.29, 1.82) is 0 Å². The molecule has 6 aromatic rings. The molecule has 0 saturated heterocycles. The first-order chi connectivity index (χ1) is 29.7. The normalized spacial score (nSPS) is 12.2. The van der Waals surface area contributed by atoms with Crippen LogP contribution in [0.2, 0.25) is 0 Å². The van der Waals surface area contributed by atoms with Crippen molar-refractivity contribution in [2.75, 3.05) is 49.0 Å². The molecule has 0 aromatic heterocycles. The number of hydrogen-bond donors (Lipinski definition) is 1. The topological polar surface area (TPSA) is 114 Å². The molecule has 0 heterocycles. The van der Waals surface area contributed by atoms with Gasteiger partial charge in [-0.2, -0.15) is 16.8 Å². The molecule has 1 unspecified atom stereocenters. The average Bonchev–Trinajstić information content (AvgIpc) is 3.27. The minimum atomic E-state index is -3.84. The first-order valence-electron chi connectivity index (χ1n) is 20.8. The lowest BCUT2D eigenvalue weighted by atomic mass is 9.81. The summed E-state index contributed by atoms with van der Waals surface area (Å²) in [4.78, 5) is 4.78. The Hall–Kier alpha value is -5.66. The second-order valence-corrected chi connectivity index (χ2v) is 18.6. The van der Waals surface area contributed by atoms with Gasteiger partial charge >= 0.3 is 0 Å². The molecule has 62 heavy (non-hydrogen) atoms. The maximum atomic E-state index is 12.7. The van der Waals surface area contributed by atoms with Gasteiger partial charge in [0.05, 0.1) is 30.6 Å². The molecule has 0 aliphatic carbocycles. The van der Waals surface area contributed by atoms with Crippen LogP contribution in [0, 0.1) is 20.8 Å². The second-order valence-electron chi connectivity index (χ2n) is 15.2. The van der Waals surface area contributed by atoms with Crippen molar-refractivity contribution in [2.24, 2.45) is 0 Å². The summed E-state index contributed by atoms with van der Waals surface area (Å²) in [6.07, 6.45) is 0.